The highest BCUT2D eigenvalue weighted by Gasteiger charge is 2.27. The fourth-order valence-corrected chi connectivity index (χ4v) is 3.86. The molecular formula is C23H25FN4O. The van der Waals surface area contributed by atoms with E-state index >= 15 is 0 Å². The summed E-state index contributed by atoms with van der Waals surface area (Å²) in [5.41, 5.74) is 4.53. The van der Waals surface area contributed by atoms with Crippen LogP contribution in [-0.4, -0.2) is 28.8 Å². The topological polar surface area (TPSA) is 59.0 Å². The van der Waals surface area contributed by atoms with Crippen LogP contribution in [0.3, 0.4) is 0 Å². The zero-order valence-electron chi connectivity index (χ0n) is 16.7. The van der Waals surface area contributed by atoms with Gasteiger partial charge in [-0.05, 0) is 75.2 Å². The second-order valence-corrected chi connectivity index (χ2v) is 7.64. The van der Waals surface area contributed by atoms with E-state index in [1.165, 1.54) is 6.07 Å². The molecule has 6 heteroatoms. The van der Waals surface area contributed by atoms with E-state index in [1.54, 1.807) is 25.3 Å². The fraction of sp³-hybridized carbons (Fsp3) is 0.304. The Morgan fingerprint density at radius 3 is 2.69 bits per heavy atom. The predicted octanol–water partition coefficient (Wildman–Crippen LogP) is 4.35. The van der Waals surface area contributed by atoms with Gasteiger partial charge in [0.15, 0.2) is 0 Å². The first kappa shape index (κ1) is 19.3. The number of aryl methyl sites for hydroxylation is 2. The molecule has 4 rings (SSSR count). The molecule has 2 heterocycles. The molecular weight excluding hydrogens is 367 g/mol. The lowest BCUT2D eigenvalue weighted by molar-refractivity contribution is 0.102. The fourth-order valence-electron chi connectivity index (χ4n) is 3.86. The Morgan fingerprint density at radius 2 is 1.97 bits per heavy atom. The largest absolute Gasteiger partial charge is 0.322 e. The number of hydrogen-bond acceptors (Lipinski definition) is 3. The number of carbonyl (C=O) groups excluding carboxylic acids is 1. The lowest BCUT2D eigenvalue weighted by atomic mass is 9.91. The Bertz CT molecular complexity index is 1040. The van der Waals surface area contributed by atoms with Crippen LogP contribution >= 0.6 is 0 Å². The minimum Gasteiger partial charge on any atom is -0.322 e. The summed E-state index contributed by atoms with van der Waals surface area (Å²) in [4.78, 5) is 13.1. The van der Waals surface area contributed by atoms with Crippen LogP contribution in [0.25, 0.3) is 5.69 Å². The quantitative estimate of drug-likeness (QED) is 0.694. The van der Waals surface area contributed by atoms with Gasteiger partial charge in [0.1, 0.15) is 5.82 Å². The summed E-state index contributed by atoms with van der Waals surface area (Å²) in [5, 5.41) is 10.8. The first-order chi connectivity index (χ1) is 14.0. The molecule has 1 aliphatic rings. The van der Waals surface area contributed by atoms with Crippen molar-refractivity contribution in [2.24, 2.45) is 0 Å². The molecule has 0 unspecified atom stereocenters. The summed E-state index contributed by atoms with van der Waals surface area (Å²) in [6.45, 7) is 5.56. The maximum atomic E-state index is 13.9. The second-order valence-electron chi connectivity index (χ2n) is 7.64. The lowest BCUT2D eigenvalue weighted by Crippen LogP contribution is -2.29. The lowest BCUT2D eigenvalue weighted by Gasteiger charge is -2.24. The SMILES string of the molecule is Cc1cccc(-n2ncc(C(=O)Nc3ccc(C)c(F)c3)c2C2CCNCC2)c1. The highest BCUT2D eigenvalue weighted by atomic mass is 19.1. The van der Waals surface area contributed by atoms with Crippen LogP contribution in [0.2, 0.25) is 0 Å². The number of halogens is 1. The minimum absolute atomic E-state index is 0.231. The molecule has 0 radical (unpaired) electrons. The Hall–Kier alpha value is -2.99. The molecule has 0 atom stereocenters. The molecule has 3 aromatic rings. The summed E-state index contributed by atoms with van der Waals surface area (Å²) in [6, 6.07) is 12.8. The Kier molecular flexibility index (Phi) is 5.45. The van der Waals surface area contributed by atoms with E-state index < -0.39 is 0 Å². The van der Waals surface area contributed by atoms with Gasteiger partial charge < -0.3 is 10.6 Å². The molecule has 1 fully saturated rings. The summed E-state index contributed by atoms with van der Waals surface area (Å²) in [5.74, 6) is -0.368. The third-order valence-corrected chi connectivity index (χ3v) is 5.45. The van der Waals surface area contributed by atoms with Crippen LogP contribution in [0, 0.1) is 19.7 Å². The molecule has 0 aliphatic carbocycles. The van der Waals surface area contributed by atoms with Crippen LogP contribution in [-0.2, 0) is 0 Å². The van der Waals surface area contributed by atoms with Crippen molar-refractivity contribution in [1.29, 1.82) is 0 Å². The molecule has 1 aromatic heterocycles. The number of aromatic nitrogens is 2. The molecule has 2 N–H and O–H groups in total. The van der Waals surface area contributed by atoms with Crippen molar-refractivity contribution in [1.82, 2.24) is 15.1 Å². The highest BCUT2D eigenvalue weighted by Crippen LogP contribution is 2.31. The Morgan fingerprint density at radius 1 is 1.17 bits per heavy atom. The third kappa shape index (κ3) is 4.07. The molecule has 150 valence electrons. The molecule has 1 amide bonds. The van der Waals surface area contributed by atoms with E-state index in [9.17, 15) is 9.18 Å². The van der Waals surface area contributed by atoms with Crippen LogP contribution in [0.5, 0.6) is 0 Å². The summed E-state index contributed by atoms with van der Waals surface area (Å²) in [7, 11) is 0. The standard InChI is InChI=1S/C23H25FN4O/c1-15-4-3-5-19(12-15)28-22(17-8-10-25-11-9-17)20(14-26-28)23(29)27-18-7-6-16(2)21(24)13-18/h3-7,12-14,17,25H,8-11H2,1-2H3,(H,27,29). The van der Waals surface area contributed by atoms with E-state index in [-0.39, 0.29) is 17.6 Å². The number of benzene rings is 2. The highest BCUT2D eigenvalue weighted by molar-refractivity contribution is 6.05. The number of nitrogens with one attached hydrogen (secondary N) is 2. The molecule has 2 aromatic carbocycles. The zero-order valence-corrected chi connectivity index (χ0v) is 16.7. The summed E-state index contributed by atoms with van der Waals surface area (Å²) < 4.78 is 15.8. The normalized spacial score (nSPS) is 14.7. The third-order valence-electron chi connectivity index (χ3n) is 5.45. The van der Waals surface area contributed by atoms with Crippen molar-refractivity contribution >= 4 is 11.6 Å². The van der Waals surface area contributed by atoms with Crippen molar-refractivity contribution in [3.05, 3.63) is 76.9 Å². The van der Waals surface area contributed by atoms with E-state index in [0.29, 0.717) is 16.8 Å². The minimum atomic E-state index is -0.336. The first-order valence-electron chi connectivity index (χ1n) is 9.96. The van der Waals surface area contributed by atoms with E-state index in [1.807, 2.05) is 29.8 Å². The van der Waals surface area contributed by atoms with E-state index in [2.05, 4.69) is 21.8 Å². The average molecular weight is 392 g/mol. The van der Waals surface area contributed by atoms with Gasteiger partial charge in [0, 0.05) is 11.6 Å². The van der Waals surface area contributed by atoms with Crippen LogP contribution in [0.1, 0.15) is 45.9 Å². The molecule has 0 saturated carbocycles. The van der Waals surface area contributed by atoms with Gasteiger partial charge in [-0.15, -0.1) is 0 Å². The first-order valence-corrected chi connectivity index (χ1v) is 9.96. The predicted molar refractivity (Wildman–Crippen MR) is 112 cm³/mol. The monoisotopic (exact) mass is 392 g/mol. The summed E-state index contributed by atoms with van der Waals surface area (Å²) in [6.07, 6.45) is 3.51. The van der Waals surface area contributed by atoms with Gasteiger partial charge in [0.05, 0.1) is 23.1 Å². The maximum absolute atomic E-state index is 13.9. The number of hydrogen-bond donors (Lipinski definition) is 2. The van der Waals surface area contributed by atoms with Crippen molar-refractivity contribution in [3.63, 3.8) is 0 Å². The van der Waals surface area contributed by atoms with Gasteiger partial charge in [-0.1, -0.05) is 18.2 Å². The summed E-state index contributed by atoms with van der Waals surface area (Å²) >= 11 is 0. The van der Waals surface area contributed by atoms with Gasteiger partial charge in [-0.3, -0.25) is 4.79 Å². The smallest absolute Gasteiger partial charge is 0.259 e. The van der Waals surface area contributed by atoms with Crippen molar-refractivity contribution in [3.8, 4) is 5.69 Å². The molecule has 1 saturated heterocycles. The van der Waals surface area contributed by atoms with Gasteiger partial charge in [-0.2, -0.15) is 5.10 Å². The molecule has 5 nitrogen and oxygen atoms in total. The van der Waals surface area contributed by atoms with E-state index in [0.717, 1.165) is 42.9 Å². The van der Waals surface area contributed by atoms with Crippen molar-refractivity contribution in [2.45, 2.75) is 32.6 Å². The maximum Gasteiger partial charge on any atom is 0.259 e. The Balaban J connectivity index is 1.72. The average Bonchev–Trinajstić information content (AvgIpc) is 3.17. The molecule has 29 heavy (non-hydrogen) atoms. The number of carbonyl (C=O) groups is 1. The van der Waals surface area contributed by atoms with Crippen molar-refractivity contribution in [2.75, 3.05) is 18.4 Å². The van der Waals surface area contributed by atoms with Crippen molar-refractivity contribution < 1.29 is 9.18 Å². The number of amides is 1. The van der Waals surface area contributed by atoms with Gasteiger partial charge in [0.2, 0.25) is 0 Å². The van der Waals surface area contributed by atoms with Crippen LogP contribution in [0.4, 0.5) is 10.1 Å². The number of nitrogens with zero attached hydrogens (tertiary/aromatic N) is 2. The van der Waals surface area contributed by atoms with Gasteiger partial charge in [-0.25, -0.2) is 9.07 Å². The number of rotatable bonds is 4. The number of piperidine rings is 1. The zero-order chi connectivity index (χ0) is 20.4. The van der Waals surface area contributed by atoms with Gasteiger partial charge >= 0.3 is 0 Å². The Labute approximate surface area is 169 Å². The molecule has 1 aliphatic heterocycles. The molecule has 0 spiro atoms. The second kappa shape index (κ2) is 8.17. The van der Waals surface area contributed by atoms with Gasteiger partial charge in [0.25, 0.3) is 5.91 Å². The van der Waals surface area contributed by atoms with Crippen LogP contribution < -0.4 is 10.6 Å². The molecule has 0 bridgehead atoms. The number of anilines is 1. The van der Waals surface area contributed by atoms with Crippen LogP contribution in [0.15, 0.2) is 48.7 Å². The van der Waals surface area contributed by atoms with E-state index in [4.69, 9.17) is 0 Å².